The van der Waals surface area contributed by atoms with Crippen LogP contribution < -0.4 is 0 Å². The quantitative estimate of drug-likeness (QED) is 0.879. The highest BCUT2D eigenvalue weighted by molar-refractivity contribution is 5.84. The van der Waals surface area contributed by atoms with Gasteiger partial charge in [0.25, 0.3) is 0 Å². The van der Waals surface area contributed by atoms with E-state index in [0.29, 0.717) is 25.9 Å². The normalized spacial score (nSPS) is 17.6. The predicted octanol–water partition coefficient (Wildman–Crippen LogP) is 1.01. The van der Waals surface area contributed by atoms with Gasteiger partial charge in [-0.2, -0.15) is 0 Å². The molecule has 0 spiro atoms. The van der Waals surface area contributed by atoms with Crippen LogP contribution in [0.5, 0.6) is 0 Å². The highest BCUT2D eigenvalue weighted by Gasteiger charge is 2.30. The van der Waals surface area contributed by atoms with Crippen molar-refractivity contribution < 1.29 is 19.5 Å². The van der Waals surface area contributed by atoms with E-state index in [1.54, 1.807) is 4.90 Å². The van der Waals surface area contributed by atoms with E-state index in [0.717, 1.165) is 12.0 Å². The van der Waals surface area contributed by atoms with Crippen LogP contribution in [0.3, 0.4) is 0 Å². The molecular weight excluding hydrogens is 296 g/mol. The van der Waals surface area contributed by atoms with Crippen molar-refractivity contribution in [1.82, 2.24) is 9.80 Å². The smallest absolute Gasteiger partial charge is 0.323 e. The molecule has 1 aliphatic rings. The van der Waals surface area contributed by atoms with Gasteiger partial charge < -0.3 is 14.9 Å². The van der Waals surface area contributed by atoms with Gasteiger partial charge >= 0.3 is 5.97 Å². The molecule has 0 saturated carbocycles. The maximum Gasteiger partial charge on any atom is 0.323 e. The molecule has 124 valence electrons. The largest absolute Gasteiger partial charge is 0.480 e. The summed E-state index contributed by atoms with van der Waals surface area (Å²) in [6.07, 6.45) is 1.78. The lowest BCUT2D eigenvalue weighted by Gasteiger charge is -2.33. The first-order valence-corrected chi connectivity index (χ1v) is 7.76. The van der Waals surface area contributed by atoms with E-state index >= 15 is 0 Å². The molecule has 0 aliphatic carbocycles. The molecule has 6 nitrogen and oxygen atoms in total. The SMILES string of the molecule is CN(CC(=O)O)C(=O)C1CCCN(C(=O)Cc2ccccc2)C1. The van der Waals surface area contributed by atoms with Crippen molar-refractivity contribution in [3.8, 4) is 0 Å². The van der Waals surface area contributed by atoms with Gasteiger partial charge in [0.05, 0.1) is 12.3 Å². The van der Waals surface area contributed by atoms with E-state index in [1.807, 2.05) is 30.3 Å². The molecule has 1 aliphatic heterocycles. The zero-order valence-corrected chi connectivity index (χ0v) is 13.3. The summed E-state index contributed by atoms with van der Waals surface area (Å²) in [5.74, 6) is -1.54. The highest BCUT2D eigenvalue weighted by Crippen LogP contribution is 2.19. The Kier molecular flexibility index (Phi) is 5.73. The van der Waals surface area contributed by atoms with Gasteiger partial charge in [0, 0.05) is 20.1 Å². The molecule has 1 fully saturated rings. The minimum Gasteiger partial charge on any atom is -0.480 e. The van der Waals surface area contributed by atoms with Gasteiger partial charge in [-0.25, -0.2) is 0 Å². The fourth-order valence-electron chi connectivity index (χ4n) is 2.88. The van der Waals surface area contributed by atoms with E-state index in [4.69, 9.17) is 5.11 Å². The van der Waals surface area contributed by atoms with Crippen LogP contribution in [0.4, 0.5) is 0 Å². The highest BCUT2D eigenvalue weighted by atomic mass is 16.4. The number of carboxylic acid groups (broad SMARTS) is 1. The summed E-state index contributed by atoms with van der Waals surface area (Å²) >= 11 is 0. The fraction of sp³-hybridized carbons (Fsp3) is 0.471. The summed E-state index contributed by atoms with van der Waals surface area (Å²) in [5.41, 5.74) is 0.953. The molecule has 6 heteroatoms. The number of hydrogen-bond acceptors (Lipinski definition) is 3. The third-order valence-electron chi connectivity index (χ3n) is 4.07. The van der Waals surface area contributed by atoms with Crippen molar-refractivity contribution in [2.75, 3.05) is 26.7 Å². The molecule has 1 aromatic rings. The third kappa shape index (κ3) is 4.81. The van der Waals surface area contributed by atoms with Gasteiger partial charge in [0.1, 0.15) is 6.54 Å². The van der Waals surface area contributed by atoms with Gasteiger partial charge in [0.15, 0.2) is 0 Å². The molecule has 1 unspecified atom stereocenters. The minimum absolute atomic E-state index is 0.00888. The van der Waals surface area contributed by atoms with Crippen LogP contribution in [0.15, 0.2) is 30.3 Å². The second-order valence-corrected chi connectivity index (χ2v) is 5.93. The zero-order chi connectivity index (χ0) is 16.8. The number of likely N-dealkylation sites (tertiary alicyclic amines) is 1. The van der Waals surface area contributed by atoms with Gasteiger partial charge in [-0.1, -0.05) is 30.3 Å². The molecule has 0 aromatic heterocycles. The summed E-state index contributed by atoms with van der Waals surface area (Å²) in [4.78, 5) is 38.3. The van der Waals surface area contributed by atoms with Crippen molar-refractivity contribution >= 4 is 17.8 Å². The number of nitrogens with zero attached hydrogens (tertiary/aromatic N) is 2. The molecule has 1 saturated heterocycles. The van der Waals surface area contributed by atoms with Crippen molar-refractivity contribution in [3.63, 3.8) is 0 Å². The second kappa shape index (κ2) is 7.76. The number of hydrogen-bond donors (Lipinski definition) is 1. The molecule has 0 bridgehead atoms. The molecule has 1 atom stereocenters. The van der Waals surface area contributed by atoms with Crippen LogP contribution in [0, 0.1) is 5.92 Å². The van der Waals surface area contributed by atoms with E-state index in [9.17, 15) is 14.4 Å². The Morgan fingerprint density at radius 1 is 1.26 bits per heavy atom. The number of carbonyl (C=O) groups excluding carboxylic acids is 2. The molecule has 0 radical (unpaired) electrons. The summed E-state index contributed by atoms with van der Waals surface area (Å²) in [6.45, 7) is 0.708. The number of carbonyl (C=O) groups is 3. The van der Waals surface area contributed by atoms with Gasteiger partial charge in [-0.15, -0.1) is 0 Å². The minimum atomic E-state index is -1.03. The molecule has 2 rings (SSSR count). The lowest BCUT2D eigenvalue weighted by Crippen LogP contribution is -2.47. The molecule has 1 N–H and O–H groups in total. The maximum atomic E-state index is 12.4. The topological polar surface area (TPSA) is 77.9 Å². The summed E-state index contributed by atoms with van der Waals surface area (Å²) < 4.78 is 0. The number of likely N-dealkylation sites (N-methyl/N-ethyl adjacent to an activating group) is 1. The fourth-order valence-corrected chi connectivity index (χ4v) is 2.88. The molecule has 1 aromatic carbocycles. The average molecular weight is 318 g/mol. The van der Waals surface area contributed by atoms with E-state index < -0.39 is 5.97 Å². The van der Waals surface area contributed by atoms with Crippen LogP contribution in [0.1, 0.15) is 18.4 Å². The number of piperidine rings is 1. The predicted molar refractivity (Wildman–Crippen MR) is 84.7 cm³/mol. The molecule has 1 heterocycles. The third-order valence-corrected chi connectivity index (χ3v) is 4.07. The monoisotopic (exact) mass is 318 g/mol. The van der Waals surface area contributed by atoms with Crippen LogP contribution >= 0.6 is 0 Å². The van der Waals surface area contributed by atoms with E-state index in [-0.39, 0.29) is 24.3 Å². The zero-order valence-electron chi connectivity index (χ0n) is 13.3. The second-order valence-electron chi connectivity index (χ2n) is 5.93. The number of aliphatic carboxylic acids is 1. The summed E-state index contributed by atoms with van der Waals surface area (Å²) in [7, 11) is 1.49. The first-order valence-electron chi connectivity index (χ1n) is 7.76. The molecule has 2 amide bonds. The van der Waals surface area contributed by atoms with Crippen LogP contribution in [-0.4, -0.2) is 59.4 Å². The summed E-state index contributed by atoms with van der Waals surface area (Å²) in [6, 6.07) is 9.51. The first-order chi connectivity index (χ1) is 11.0. The van der Waals surface area contributed by atoms with Gasteiger partial charge in [-0.05, 0) is 18.4 Å². The standard InChI is InChI=1S/C17H22N2O4/c1-18(12-16(21)22)17(23)14-8-5-9-19(11-14)15(20)10-13-6-3-2-4-7-13/h2-4,6-7,14H,5,8-12H2,1H3,(H,21,22). The average Bonchev–Trinajstić information content (AvgIpc) is 2.54. The van der Waals surface area contributed by atoms with E-state index in [1.165, 1.54) is 11.9 Å². The van der Waals surface area contributed by atoms with Gasteiger partial charge in [-0.3, -0.25) is 14.4 Å². The van der Waals surface area contributed by atoms with Crippen molar-refractivity contribution in [2.45, 2.75) is 19.3 Å². The molecule has 23 heavy (non-hydrogen) atoms. The van der Waals surface area contributed by atoms with Crippen molar-refractivity contribution in [2.24, 2.45) is 5.92 Å². The first kappa shape index (κ1) is 17.0. The molecular formula is C17H22N2O4. The Bertz CT molecular complexity index is 573. The Morgan fingerprint density at radius 3 is 2.61 bits per heavy atom. The number of benzene rings is 1. The van der Waals surface area contributed by atoms with Crippen molar-refractivity contribution in [3.05, 3.63) is 35.9 Å². The Labute approximate surface area is 135 Å². The summed E-state index contributed by atoms with van der Waals surface area (Å²) in [5, 5.41) is 8.78. The van der Waals surface area contributed by atoms with Crippen LogP contribution in [0.25, 0.3) is 0 Å². The van der Waals surface area contributed by atoms with Gasteiger partial charge in [0.2, 0.25) is 11.8 Å². The maximum absolute atomic E-state index is 12.4. The van der Waals surface area contributed by atoms with Crippen molar-refractivity contribution in [1.29, 1.82) is 0 Å². The number of carboxylic acids is 1. The number of amides is 2. The lowest BCUT2D eigenvalue weighted by atomic mass is 9.96. The lowest BCUT2D eigenvalue weighted by molar-refractivity contribution is -0.147. The van der Waals surface area contributed by atoms with E-state index in [2.05, 4.69) is 0 Å². The Balaban J connectivity index is 1.93. The number of rotatable bonds is 5. The Hall–Kier alpha value is -2.37. The Morgan fingerprint density at radius 2 is 1.96 bits per heavy atom. The van der Waals surface area contributed by atoms with Crippen LogP contribution in [0.2, 0.25) is 0 Å². The van der Waals surface area contributed by atoms with Crippen LogP contribution in [-0.2, 0) is 20.8 Å².